The molecule has 2 N–H and O–H groups in total. The number of hydrogen-bond donors (Lipinski definition) is 2. The van der Waals surface area contributed by atoms with E-state index in [0.29, 0.717) is 28.9 Å². The van der Waals surface area contributed by atoms with Gasteiger partial charge in [-0.25, -0.2) is 9.37 Å². The monoisotopic (exact) mass is 506 g/mol. The van der Waals surface area contributed by atoms with Crippen LogP contribution in [0.3, 0.4) is 0 Å². The van der Waals surface area contributed by atoms with Gasteiger partial charge in [0, 0.05) is 13.1 Å². The Morgan fingerprint density at radius 3 is 2.56 bits per heavy atom. The number of aliphatic imine (C=N–C) groups is 1. The van der Waals surface area contributed by atoms with E-state index in [1.54, 1.807) is 6.07 Å². The van der Waals surface area contributed by atoms with Crippen molar-refractivity contribution in [1.29, 1.82) is 0 Å². The molecule has 0 amide bonds. The van der Waals surface area contributed by atoms with Gasteiger partial charge in [0.2, 0.25) is 5.95 Å². The summed E-state index contributed by atoms with van der Waals surface area (Å²) >= 11 is 6.26. The Bertz CT molecular complexity index is 1330. The summed E-state index contributed by atoms with van der Waals surface area (Å²) in [6.45, 7) is 8.31. The molecule has 1 aromatic carbocycles. The molecule has 2 aromatic heterocycles. The van der Waals surface area contributed by atoms with Crippen LogP contribution in [0.4, 0.5) is 27.7 Å². The third-order valence-electron chi connectivity index (χ3n) is 6.52. The first-order valence-corrected chi connectivity index (χ1v) is 12.4. The zero-order valence-corrected chi connectivity index (χ0v) is 21.3. The third kappa shape index (κ3) is 5.31. The quantitative estimate of drug-likeness (QED) is 0.467. The highest BCUT2D eigenvalue weighted by atomic mass is 35.5. The van der Waals surface area contributed by atoms with Crippen LogP contribution in [-0.4, -0.2) is 45.6 Å². The molecule has 0 atom stereocenters. The van der Waals surface area contributed by atoms with E-state index in [0.717, 1.165) is 54.1 Å². The van der Waals surface area contributed by atoms with Gasteiger partial charge in [-0.1, -0.05) is 11.6 Å². The zero-order valence-electron chi connectivity index (χ0n) is 20.5. The van der Waals surface area contributed by atoms with E-state index in [1.807, 2.05) is 45.0 Å². The maximum absolute atomic E-state index is 15.2. The Morgan fingerprint density at radius 1 is 1.06 bits per heavy atom. The lowest BCUT2D eigenvalue weighted by atomic mass is 9.86. The maximum Gasteiger partial charge on any atom is 0.229 e. The van der Waals surface area contributed by atoms with Crippen LogP contribution in [-0.2, 0) is 0 Å². The predicted octanol–water partition coefficient (Wildman–Crippen LogP) is 5.57. The second-order valence-electron chi connectivity index (χ2n) is 9.32. The van der Waals surface area contributed by atoms with Crippen LogP contribution in [0.15, 0.2) is 47.1 Å². The van der Waals surface area contributed by atoms with Crippen molar-refractivity contribution in [3.05, 3.63) is 69.8 Å². The summed E-state index contributed by atoms with van der Waals surface area (Å²) in [5.74, 6) is 2.19. The van der Waals surface area contributed by atoms with Gasteiger partial charge >= 0.3 is 0 Å². The number of hydrogen-bond acceptors (Lipinski definition) is 8. The van der Waals surface area contributed by atoms with Crippen LogP contribution in [0, 0.1) is 19.7 Å². The summed E-state index contributed by atoms with van der Waals surface area (Å²) in [7, 11) is 0. The minimum atomic E-state index is -0.339. The Labute approximate surface area is 214 Å². The van der Waals surface area contributed by atoms with Crippen LogP contribution in [0.25, 0.3) is 0 Å². The van der Waals surface area contributed by atoms with Crippen LogP contribution >= 0.6 is 11.6 Å². The van der Waals surface area contributed by atoms with Gasteiger partial charge in [0.25, 0.3) is 0 Å². The number of anilines is 4. The Hall–Kier alpha value is -3.59. The molecule has 0 bridgehead atoms. The van der Waals surface area contributed by atoms with Gasteiger partial charge in [-0.05, 0) is 86.6 Å². The first kappa shape index (κ1) is 24.1. The number of aryl methyl sites for hydroxylation is 2. The van der Waals surface area contributed by atoms with Crippen LogP contribution in [0.5, 0.6) is 0 Å². The van der Waals surface area contributed by atoms with Crippen molar-refractivity contribution in [2.75, 3.05) is 35.2 Å². The lowest BCUT2D eigenvalue weighted by Crippen LogP contribution is -2.33. The minimum Gasteiger partial charge on any atom is -0.355 e. The standard InChI is InChI=1S/C26H28ClFN8/c1-15-10-23(29-13-15)32-25-20(27)14-30-26(33-25)31-22-11-16(2)19(12-21(22)28)18-6-8-36(9-7-18)24-5-4-17(3)34-35-24/h4-5,10-12,14,18H,6-9,13H2,1-3H3,(H2,29,30,31,32,33). The van der Waals surface area contributed by atoms with Crippen LogP contribution < -0.4 is 15.5 Å². The summed E-state index contributed by atoms with van der Waals surface area (Å²) in [6.07, 6.45) is 5.27. The van der Waals surface area contributed by atoms with Crippen molar-refractivity contribution in [2.45, 2.75) is 39.5 Å². The fourth-order valence-electron chi connectivity index (χ4n) is 4.58. The Balaban J connectivity index is 1.27. The second-order valence-corrected chi connectivity index (χ2v) is 9.72. The summed E-state index contributed by atoms with van der Waals surface area (Å²) in [4.78, 5) is 15.3. The molecule has 186 valence electrons. The fourth-order valence-corrected chi connectivity index (χ4v) is 4.72. The van der Waals surface area contributed by atoms with Gasteiger partial charge in [0.1, 0.15) is 16.7 Å². The molecule has 0 unspecified atom stereocenters. The van der Waals surface area contributed by atoms with Crippen molar-refractivity contribution >= 4 is 40.7 Å². The predicted molar refractivity (Wildman–Crippen MR) is 142 cm³/mol. The molecule has 3 aromatic rings. The van der Waals surface area contributed by atoms with E-state index in [2.05, 4.69) is 40.7 Å². The first-order valence-electron chi connectivity index (χ1n) is 12.0. The lowest BCUT2D eigenvalue weighted by molar-refractivity contribution is 0.497. The highest BCUT2D eigenvalue weighted by Gasteiger charge is 2.24. The number of amidine groups is 1. The van der Waals surface area contributed by atoms with Crippen LogP contribution in [0.1, 0.15) is 42.5 Å². The number of aromatic nitrogens is 4. The molecule has 8 nitrogen and oxygen atoms in total. The fraction of sp³-hybridized carbons (Fsp3) is 0.346. The molecule has 36 heavy (non-hydrogen) atoms. The normalized spacial score (nSPS) is 16.1. The number of benzene rings is 1. The first-order chi connectivity index (χ1) is 17.4. The molecule has 0 aliphatic carbocycles. The summed E-state index contributed by atoms with van der Waals surface area (Å²) in [5, 5.41) is 14.9. The number of piperidine rings is 1. The van der Waals surface area contributed by atoms with Gasteiger partial charge in [0.05, 0.1) is 24.1 Å². The van der Waals surface area contributed by atoms with Gasteiger partial charge in [0.15, 0.2) is 11.6 Å². The second kappa shape index (κ2) is 10.2. The van der Waals surface area contributed by atoms with E-state index >= 15 is 4.39 Å². The van der Waals surface area contributed by atoms with E-state index in [9.17, 15) is 0 Å². The number of rotatable bonds is 5. The van der Waals surface area contributed by atoms with Crippen molar-refractivity contribution in [1.82, 2.24) is 20.2 Å². The Kier molecular flexibility index (Phi) is 6.82. The van der Waals surface area contributed by atoms with Crippen molar-refractivity contribution in [3.63, 3.8) is 0 Å². The van der Waals surface area contributed by atoms with Crippen molar-refractivity contribution in [3.8, 4) is 0 Å². The molecule has 0 saturated carbocycles. The number of nitrogens with zero attached hydrogens (tertiary/aromatic N) is 6. The number of nitrogens with one attached hydrogen (secondary N) is 2. The maximum atomic E-state index is 15.2. The molecule has 1 fully saturated rings. The smallest absolute Gasteiger partial charge is 0.229 e. The largest absolute Gasteiger partial charge is 0.355 e. The molecular weight excluding hydrogens is 479 g/mol. The van der Waals surface area contributed by atoms with Crippen LogP contribution in [0.2, 0.25) is 5.02 Å². The summed E-state index contributed by atoms with van der Waals surface area (Å²) in [5.41, 5.74) is 4.44. The lowest BCUT2D eigenvalue weighted by Gasteiger charge is -2.33. The van der Waals surface area contributed by atoms with E-state index in [1.165, 1.54) is 6.20 Å². The van der Waals surface area contributed by atoms with Gasteiger partial charge in [-0.15, -0.1) is 5.10 Å². The molecular formula is C26H28ClFN8. The average molecular weight is 507 g/mol. The molecule has 2 aliphatic rings. The zero-order chi connectivity index (χ0) is 25.2. The van der Waals surface area contributed by atoms with Gasteiger partial charge in [-0.3, -0.25) is 4.99 Å². The Morgan fingerprint density at radius 2 is 1.86 bits per heavy atom. The van der Waals surface area contributed by atoms with E-state index in [4.69, 9.17) is 11.6 Å². The van der Waals surface area contributed by atoms with E-state index in [-0.39, 0.29) is 17.7 Å². The van der Waals surface area contributed by atoms with Gasteiger partial charge < -0.3 is 15.5 Å². The van der Waals surface area contributed by atoms with Crippen molar-refractivity contribution < 1.29 is 4.39 Å². The number of halogens is 2. The van der Waals surface area contributed by atoms with E-state index < -0.39 is 0 Å². The summed E-state index contributed by atoms with van der Waals surface area (Å²) in [6, 6.07) is 7.44. The molecule has 0 spiro atoms. The van der Waals surface area contributed by atoms with Gasteiger partial charge in [-0.2, -0.15) is 10.1 Å². The molecule has 2 aliphatic heterocycles. The summed E-state index contributed by atoms with van der Waals surface area (Å²) < 4.78 is 15.2. The minimum absolute atomic E-state index is 0.250. The topological polar surface area (TPSA) is 91.2 Å². The van der Waals surface area contributed by atoms with Crippen molar-refractivity contribution in [2.24, 2.45) is 4.99 Å². The third-order valence-corrected chi connectivity index (χ3v) is 6.79. The molecule has 5 rings (SSSR count). The average Bonchev–Trinajstić information content (AvgIpc) is 3.28. The molecule has 0 radical (unpaired) electrons. The molecule has 1 saturated heterocycles. The SMILES string of the molecule is CC1=CC(Nc2nc(Nc3cc(C)c(C4CCN(c5ccc(C)nn5)CC4)cc3F)ncc2Cl)=NC1. The highest BCUT2D eigenvalue weighted by Crippen LogP contribution is 2.34. The highest BCUT2D eigenvalue weighted by molar-refractivity contribution is 6.33. The molecule has 4 heterocycles. The molecule has 10 heteroatoms.